The number of hydrogen-bond acceptors (Lipinski definition) is 8. The van der Waals surface area contributed by atoms with Crippen LogP contribution in [0.1, 0.15) is 136 Å². The first-order valence-corrected chi connectivity index (χ1v) is 23.6. The number of aliphatic hydroxyl groups excluding tert-OH is 1. The number of rotatable bonds is 38. The average Bonchev–Trinajstić information content (AvgIpc) is 3.18. The van der Waals surface area contributed by atoms with Crippen molar-refractivity contribution >= 4 is 19.8 Å². The van der Waals surface area contributed by atoms with Crippen molar-refractivity contribution in [3.63, 3.8) is 0 Å². The van der Waals surface area contributed by atoms with E-state index in [2.05, 4.69) is 86.8 Å². The van der Waals surface area contributed by atoms with Crippen molar-refractivity contribution in [1.29, 1.82) is 0 Å². The average molecular weight is 847 g/mol. The van der Waals surface area contributed by atoms with Crippen LogP contribution in [0.3, 0.4) is 0 Å². The Balaban J connectivity index is 4.62. The van der Waals surface area contributed by atoms with Crippen LogP contribution in [-0.2, 0) is 32.7 Å². The summed E-state index contributed by atoms with van der Waals surface area (Å²) in [4.78, 5) is 35.4. The number of phosphoric ester groups is 1. The van der Waals surface area contributed by atoms with Crippen LogP contribution in [0, 0.1) is 0 Å². The normalized spacial score (nSPS) is 15.0. The maximum atomic E-state index is 12.7. The quantitative estimate of drug-likeness (QED) is 0.0156. The molecule has 0 aromatic rings. The summed E-state index contributed by atoms with van der Waals surface area (Å²) in [5.74, 6) is -1.04. The molecule has 0 heterocycles. The maximum absolute atomic E-state index is 12.7. The highest BCUT2D eigenvalue weighted by Crippen LogP contribution is 2.43. The predicted molar refractivity (Wildman–Crippen MR) is 244 cm³/mol. The van der Waals surface area contributed by atoms with E-state index in [1.807, 2.05) is 33.3 Å². The minimum atomic E-state index is -4.44. The number of quaternary nitrogens is 1. The van der Waals surface area contributed by atoms with Gasteiger partial charge in [-0.3, -0.25) is 18.6 Å². The lowest BCUT2D eigenvalue weighted by Crippen LogP contribution is -2.37. The second-order valence-electron chi connectivity index (χ2n) is 15.5. The molecule has 0 bridgehead atoms. The lowest BCUT2D eigenvalue weighted by molar-refractivity contribution is -0.870. The lowest BCUT2D eigenvalue weighted by atomic mass is 10.1. The van der Waals surface area contributed by atoms with E-state index in [0.717, 1.165) is 64.2 Å². The van der Waals surface area contributed by atoms with Crippen molar-refractivity contribution in [3.8, 4) is 0 Å². The zero-order valence-electron chi connectivity index (χ0n) is 37.3. The zero-order chi connectivity index (χ0) is 43.7. The molecule has 0 radical (unpaired) electrons. The second-order valence-corrected chi connectivity index (χ2v) is 17.0. The molecule has 0 aromatic heterocycles. The van der Waals surface area contributed by atoms with Gasteiger partial charge in [-0.2, -0.15) is 0 Å². The van der Waals surface area contributed by atoms with Gasteiger partial charge in [-0.1, -0.05) is 137 Å². The summed E-state index contributed by atoms with van der Waals surface area (Å²) in [6.45, 7) is 3.99. The Morgan fingerprint density at radius 3 is 1.76 bits per heavy atom. The molecule has 0 aliphatic heterocycles. The topological polar surface area (TPSA) is 129 Å². The van der Waals surface area contributed by atoms with E-state index in [0.29, 0.717) is 30.3 Å². The molecule has 0 aliphatic carbocycles. The first-order valence-electron chi connectivity index (χ1n) is 22.1. The van der Waals surface area contributed by atoms with Crippen LogP contribution in [0.15, 0.2) is 97.2 Å². The molecule has 0 aromatic carbocycles. The Labute approximate surface area is 358 Å². The molecule has 0 fully saturated rings. The molecule has 0 saturated carbocycles. The van der Waals surface area contributed by atoms with E-state index in [-0.39, 0.29) is 26.1 Å². The van der Waals surface area contributed by atoms with Crippen molar-refractivity contribution < 1.29 is 47.2 Å². The van der Waals surface area contributed by atoms with Crippen LogP contribution in [0.25, 0.3) is 0 Å². The third kappa shape index (κ3) is 42.8. The molecule has 2 unspecified atom stereocenters. The van der Waals surface area contributed by atoms with Crippen molar-refractivity contribution in [2.24, 2.45) is 0 Å². The number of allylic oxidation sites excluding steroid dienone is 15. The van der Waals surface area contributed by atoms with Gasteiger partial charge in [0, 0.05) is 12.8 Å². The van der Waals surface area contributed by atoms with E-state index < -0.39 is 38.6 Å². The third-order valence-electron chi connectivity index (χ3n) is 8.70. The summed E-state index contributed by atoms with van der Waals surface area (Å²) in [6, 6.07) is 0. The van der Waals surface area contributed by atoms with Gasteiger partial charge in [-0.15, -0.1) is 0 Å². The molecule has 0 rings (SSSR count). The van der Waals surface area contributed by atoms with Gasteiger partial charge in [0.1, 0.15) is 19.8 Å². The van der Waals surface area contributed by atoms with Crippen LogP contribution >= 0.6 is 7.82 Å². The van der Waals surface area contributed by atoms with Gasteiger partial charge in [0.25, 0.3) is 0 Å². The molecular weight excluding hydrogens is 766 g/mol. The second kappa shape index (κ2) is 39.1. The molecule has 3 atom stereocenters. The fourth-order valence-electron chi connectivity index (χ4n) is 5.22. The predicted octanol–water partition coefficient (Wildman–Crippen LogP) is 11.5. The molecule has 0 spiro atoms. The summed E-state index contributed by atoms with van der Waals surface area (Å²) >= 11 is 0. The smallest absolute Gasteiger partial charge is 0.462 e. The molecule has 336 valence electrons. The van der Waals surface area contributed by atoms with Gasteiger partial charge in [-0.05, 0) is 83.5 Å². The molecule has 59 heavy (non-hydrogen) atoms. The minimum absolute atomic E-state index is 0.00115. The first kappa shape index (κ1) is 55.9. The molecule has 0 amide bonds. The fourth-order valence-corrected chi connectivity index (χ4v) is 5.97. The highest BCUT2D eigenvalue weighted by atomic mass is 31.2. The lowest BCUT2D eigenvalue weighted by Gasteiger charge is -2.24. The third-order valence-corrected chi connectivity index (χ3v) is 9.69. The minimum Gasteiger partial charge on any atom is -0.462 e. The molecule has 0 aliphatic rings. The number of carbonyl (C=O) groups excluding carboxylic acids is 2. The summed E-state index contributed by atoms with van der Waals surface area (Å²) in [7, 11) is 1.32. The van der Waals surface area contributed by atoms with Crippen molar-refractivity contribution in [3.05, 3.63) is 97.2 Å². The Bertz CT molecular complexity index is 1340. The van der Waals surface area contributed by atoms with Gasteiger partial charge >= 0.3 is 19.8 Å². The van der Waals surface area contributed by atoms with E-state index >= 15 is 0 Å². The van der Waals surface area contributed by atoms with Gasteiger partial charge in [0.15, 0.2) is 6.10 Å². The number of hydrogen-bond donors (Lipinski definition) is 2. The Kier molecular flexibility index (Phi) is 37.0. The largest absolute Gasteiger partial charge is 0.472 e. The monoisotopic (exact) mass is 847 g/mol. The highest BCUT2D eigenvalue weighted by Gasteiger charge is 2.27. The number of aliphatic hydroxyl groups is 1. The SMILES string of the molecule is CC/C=C\C/C=C\C/C=C\C/C=C\C=C\C(O)CCCC(=O)O[C@H](COC(=O)CCCCCC/C=C\C/C=C\C/C=C\CCCCC)COP(=O)(O)OCC[N+](C)(C)C. The van der Waals surface area contributed by atoms with Crippen LogP contribution in [0.5, 0.6) is 0 Å². The Morgan fingerprint density at radius 1 is 0.627 bits per heavy atom. The van der Waals surface area contributed by atoms with Crippen LogP contribution in [0.2, 0.25) is 0 Å². The van der Waals surface area contributed by atoms with Crippen LogP contribution in [-0.4, -0.2) is 86.1 Å². The Hall–Kier alpha value is -3.11. The fraction of sp³-hybridized carbons (Fsp3) is 0.625. The summed E-state index contributed by atoms with van der Waals surface area (Å²) in [6.07, 6.45) is 47.7. The van der Waals surface area contributed by atoms with Gasteiger partial charge in [0.2, 0.25) is 0 Å². The van der Waals surface area contributed by atoms with Gasteiger partial charge in [0.05, 0.1) is 33.9 Å². The highest BCUT2D eigenvalue weighted by molar-refractivity contribution is 7.47. The van der Waals surface area contributed by atoms with E-state index in [1.54, 1.807) is 12.2 Å². The van der Waals surface area contributed by atoms with Crippen molar-refractivity contribution in [1.82, 2.24) is 0 Å². The molecule has 2 N–H and O–H groups in total. The summed E-state index contributed by atoms with van der Waals surface area (Å²) < 4.78 is 34.1. The number of esters is 2. The number of phosphoric acid groups is 1. The molecular formula is C48H81NO9P+. The summed E-state index contributed by atoms with van der Waals surface area (Å²) in [5.41, 5.74) is 0. The Morgan fingerprint density at radius 2 is 1.17 bits per heavy atom. The number of nitrogens with zero attached hydrogens (tertiary/aromatic N) is 1. The molecule has 11 heteroatoms. The number of carbonyl (C=O) groups is 2. The van der Waals surface area contributed by atoms with Crippen LogP contribution in [0.4, 0.5) is 0 Å². The maximum Gasteiger partial charge on any atom is 0.472 e. The zero-order valence-corrected chi connectivity index (χ0v) is 38.2. The number of unbranched alkanes of at least 4 members (excludes halogenated alkanes) is 7. The summed E-state index contributed by atoms with van der Waals surface area (Å²) in [5, 5.41) is 10.3. The molecule has 0 saturated heterocycles. The van der Waals surface area contributed by atoms with Crippen LogP contribution < -0.4 is 0 Å². The standard InChI is InChI=1S/C48H80NO9P/c1-6-8-10-12-14-16-18-20-21-22-23-25-27-29-31-33-35-39-47(51)55-43-46(44-57-59(53,54)56-42-41-49(3,4)5)58-48(52)40-36-38-45(50)37-34-32-30-28-26-24-19-17-15-13-11-9-7-2/h9,11,14-17,20-21,23-26,30,32,34,37,45-46,50H,6-8,10,12-13,18-19,22,27-29,31,33,35-36,38-44H2,1-5H3/p+1/b11-9-,16-14-,17-15-,21-20-,25-23-,26-24-,32-30-,37-34+/t45?,46-/m1/s1. The number of ether oxygens (including phenoxy) is 2. The van der Waals surface area contributed by atoms with E-state index in [1.165, 1.54) is 25.7 Å². The van der Waals surface area contributed by atoms with Gasteiger partial charge < -0.3 is 24.0 Å². The van der Waals surface area contributed by atoms with Gasteiger partial charge in [-0.25, -0.2) is 4.57 Å². The van der Waals surface area contributed by atoms with Crippen molar-refractivity contribution in [2.75, 3.05) is 47.5 Å². The molecule has 10 nitrogen and oxygen atoms in total. The van der Waals surface area contributed by atoms with E-state index in [9.17, 15) is 24.2 Å². The number of likely N-dealkylation sites (N-methyl/N-ethyl adjacent to an activating group) is 1. The van der Waals surface area contributed by atoms with Crippen molar-refractivity contribution in [2.45, 2.75) is 148 Å². The van der Waals surface area contributed by atoms with E-state index in [4.69, 9.17) is 18.5 Å². The first-order chi connectivity index (χ1) is 28.4.